The molecular weight excluding hydrogens is 316 g/mol. The Morgan fingerprint density at radius 3 is 1.91 bits per heavy atom. The number of ketones is 1. The summed E-state index contributed by atoms with van der Waals surface area (Å²) >= 11 is 0. The van der Waals surface area contributed by atoms with Crippen molar-refractivity contribution >= 4 is 11.7 Å². The molecule has 118 valence electrons. The highest BCUT2D eigenvalue weighted by molar-refractivity contribution is 6.11. The average molecular weight is 323 g/mol. The van der Waals surface area contributed by atoms with Gasteiger partial charge in [-0.05, 0) is 12.1 Å². The average Bonchev–Trinajstić information content (AvgIpc) is 2.79. The van der Waals surface area contributed by atoms with Crippen molar-refractivity contribution in [1.29, 1.82) is 0 Å². The fourth-order valence-corrected chi connectivity index (χ4v) is 1.69. The van der Waals surface area contributed by atoms with Gasteiger partial charge in [-0.3, -0.25) is 4.79 Å². The van der Waals surface area contributed by atoms with Gasteiger partial charge in [0.15, 0.2) is 5.78 Å². The molecule has 2 N–H and O–H groups in total. The first-order valence-corrected chi connectivity index (χ1v) is 5.68. The van der Waals surface area contributed by atoms with Gasteiger partial charge in [-0.15, -0.1) is 0 Å². The third kappa shape index (κ3) is 3.07. The number of anilines is 1. The molecule has 0 fully saturated rings. The molecule has 0 spiro atoms. The number of rotatable bonds is 2. The summed E-state index contributed by atoms with van der Waals surface area (Å²) in [5.74, 6) is -3.18. The van der Waals surface area contributed by atoms with Crippen molar-refractivity contribution in [3.8, 4) is 0 Å². The Hall–Kier alpha value is -2.45. The highest BCUT2D eigenvalue weighted by Crippen LogP contribution is 2.35. The molecule has 0 saturated carbocycles. The predicted octanol–water partition coefficient (Wildman–Crippen LogP) is 4.13. The van der Waals surface area contributed by atoms with Gasteiger partial charge in [-0.2, -0.15) is 26.3 Å². The lowest BCUT2D eigenvalue weighted by Gasteiger charge is -2.06. The van der Waals surface area contributed by atoms with Crippen LogP contribution in [0, 0.1) is 0 Å². The molecule has 1 aromatic carbocycles. The molecule has 3 nitrogen and oxygen atoms in total. The lowest BCUT2D eigenvalue weighted by molar-refractivity contribution is -0.152. The van der Waals surface area contributed by atoms with E-state index in [0.717, 1.165) is 12.1 Å². The van der Waals surface area contributed by atoms with Crippen LogP contribution in [0.3, 0.4) is 0 Å². The minimum absolute atomic E-state index is 0.241. The number of carbonyl (C=O) groups is 1. The smallest absolute Gasteiger partial charge is 0.436 e. The summed E-state index contributed by atoms with van der Waals surface area (Å²) in [5.41, 5.74) is 3.42. The Balaban J connectivity index is 2.35. The number of carbonyl (C=O) groups excluding carboxylic acids is 1. The summed E-state index contributed by atoms with van der Waals surface area (Å²) in [6.45, 7) is 0. The molecule has 2 aromatic rings. The highest BCUT2D eigenvalue weighted by Gasteiger charge is 2.37. The maximum atomic E-state index is 12.4. The topological polar surface area (TPSA) is 56.2 Å². The van der Waals surface area contributed by atoms with E-state index in [9.17, 15) is 31.1 Å². The molecule has 0 bridgehead atoms. The number of nitrogen functional groups attached to an aromatic ring is 1. The molecule has 0 atom stereocenters. The summed E-state index contributed by atoms with van der Waals surface area (Å²) in [6, 6.07) is 3.41. The quantitative estimate of drug-likeness (QED) is 0.668. The molecule has 0 aliphatic rings. The number of alkyl halides is 6. The zero-order chi connectivity index (χ0) is 16.7. The van der Waals surface area contributed by atoms with Crippen molar-refractivity contribution in [3.05, 3.63) is 52.8 Å². The van der Waals surface area contributed by atoms with E-state index in [1.54, 1.807) is 0 Å². The first-order chi connectivity index (χ1) is 10.00. The summed E-state index contributed by atoms with van der Waals surface area (Å²) in [4.78, 5) is 12.0. The van der Waals surface area contributed by atoms with E-state index >= 15 is 0 Å². The van der Waals surface area contributed by atoms with Crippen LogP contribution in [0.4, 0.5) is 32.2 Å². The van der Waals surface area contributed by atoms with Crippen molar-refractivity contribution < 1.29 is 35.6 Å². The van der Waals surface area contributed by atoms with Gasteiger partial charge in [0, 0.05) is 11.6 Å². The van der Waals surface area contributed by atoms with E-state index in [1.807, 2.05) is 0 Å². The number of benzene rings is 1. The molecule has 0 unspecified atom stereocenters. The number of hydrogen-bond donors (Lipinski definition) is 1. The molecule has 0 aliphatic carbocycles. The second-order valence-electron chi connectivity index (χ2n) is 4.29. The fourth-order valence-electron chi connectivity index (χ4n) is 1.69. The monoisotopic (exact) mass is 323 g/mol. The fraction of sp³-hybridized carbons (Fsp3) is 0.154. The highest BCUT2D eigenvalue weighted by atomic mass is 19.4. The lowest BCUT2D eigenvalue weighted by Crippen LogP contribution is -2.07. The van der Waals surface area contributed by atoms with Gasteiger partial charge in [0.05, 0.1) is 11.1 Å². The van der Waals surface area contributed by atoms with Crippen molar-refractivity contribution in [2.45, 2.75) is 12.4 Å². The zero-order valence-electron chi connectivity index (χ0n) is 10.5. The lowest BCUT2D eigenvalue weighted by atomic mass is 10.0. The van der Waals surface area contributed by atoms with Crippen LogP contribution in [0.5, 0.6) is 0 Å². The SMILES string of the molecule is Nc1oc(C(F)(F)F)cc1C(=O)c1ccc(C(F)(F)F)cc1. The van der Waals surface area contributed by atoms with Gasteiger partial charge < -0.3 is 10.2 Å². The first kappa shape index (κ1) is 15.9. The molecule has 2 rings (SSSR count). The minimum Gasteiger partial charge on any atom is -0.436 e. The standard InChI is InChI=1S/C13H7F6NO2/c14-12(15,16)7-3-1-6(2-4-7)10(21)8-5-9(13(17,18)19)22-11(8)20/h1-5H,20H2. The summed E-state index contributed by atoms with van der Waals surface area (Å²) in [7, 11) is 0. The number of hydrogen-bond acceptors (Lipinski definition) is 3. The Morgan fingerprint density at radius 1 is 0.955 bits per heavy atom. The van der Waals surface area contributed by atoms with Crippen LogP contribution in [0.1, 0.15) is 27.2 Å². The molecule has 9 heteroatoms. The van der Waals surface area contributed by atoms with Crippen LogP contribution in [0.15, 0.2) is 34.7 Å². The van der Waals surface area contributed by atoms with Crippen molar-refractivity contribution in [2.75, 3.05) is 5.73 Å². The summed E-state index contributed by atoms with van der Waals surface area (Å²) in [5, 5.41) is 0. The second kappa shape index (κ2) is 5.08. The van der Waals surface area contributed by atoms with Crippen LogP contribution in [-0.2, 0) is 12.4 Å². The van der Waals surface area contributed by atoms with Crippen molar-refractivity contribution in [3.63, 3.8) is 0 Å². The van der Waals surface area contributed by atoms with Gasteiger partial charge in [0.25, 0.3) is 0 Å². The molecule has 22 heavy (non-hydrogen) atoms. The normalized spacial score (nSPS) is 12.5. The van der Waals surface area contributed by atoms with Crippen LogP contribution in [0.25, 0.3) is 0 Å². The molecule has 1 aromatic heterocycles. The molecule has 0 saturated heterocycles. The van der Waals surface area contributed by atoms with Crippen molar-refractivity contribution in [2.24, 2.45) is 0 Å². The minimum atomic E-state index is -4.83. The predicted molar refractivity (Wildman–Crippen MR) is 63.0 cm³/mol. The molecule has 0 aliphatic heterocycles. The molecular formula is C13H7F6NO2. The third-order valence-electron chi connectivity index (χ3n) is 2.76. The summed E-state index contributed by atoms with van der Waals surface area (Å²) in [6.07, 6.45) is -9.41. The van der Waals surface area contributed by atoms with E-state index in [-0.39, 0.29) is 5.56 Å². The molecule has 0 radical (unpaired) electrons. The van der Waals surface area contributed by atoms with Gasteiger partial charge >= 0.3 is 12.4 Å². The van der Waals surface area contributed by atoms with E-state index in [1.165, 1.54) is 0 Å². The largest absolute Gasteiger partial charge is 0.449 e. The number of nitrogens with two attached hydrogens (primary N) is 1. The molecule has 1 heterocycles. The van der Waals surface area contributed by atoms with Crippen LogP contribution in [-0.4, -0.2) is 5.78 Å². The Kier molecular flexibility index (Phi) is 3.68. The Morgan fingerprint density at radius 2 is 1.50 bits per heavy atom. The van der Waals surface area contributed by atoms with Gasteiger partial charge in [0.1, 0.15) is 0 Å². The summed E-state index contributed by atoms with van der Waals surface area (Å²) < 4.78 is 78.8. The van der Waals surface area contributed by atoms with Gasteiger partial charge in [-0.1, -0.05) is 12.1 Å². The van der Waals surface area contributed by atoms with Crippen LogP contribution >= 0.6 is 0 Å². The van der Waals surface area contributed by atoms with Crippen LogP contribution < -0.4 is 5.73 Å². The number of furan rings is 1. The van der Waals surface area contributed by atoms with E-state index in [0.29, 0.717) is 18.2 Å². The molecule has 0 amide bonds. The zero-order valence-corrected chi connectivity index (χ0v) is 10.5. The van der Waals surface area contributed by atoms with E-state index in [4.69, 9.17) is 5.73 Å². The number of halogens is 6. The third-order valence-corrected chi connectivity index (χ3v) is 2.76. The maximum absolute atomic E-state index is 12.4. The van der Waals surface area contributed by atoms with E-state index in [2.05, 4.69) is 4.42 Å². The van der Waals surface area contributed by atoms with E-state index < -0.39 is 40.9 Å². The Bertz CT molecular complexity index is 697. The van der Waals surface area contributed by atoms with Crippen molar-refractivity contribution in [1.82, 2.24) is 0 Å². The van der Waals surface area contributed by atoms with Crippen LogP contribution in [0.2, 0.25) is 0 Å². The van der Waals surface area contributed by atoms with Gasteiger partial charge in [0.2, 0.25) is 11.6 Å². The van der Waals surface area contributed by atoms with Gasteiger partial charge in [-0.25, -0.2) is 0 Å². The maximum Gasteiger partial charge on any atom is 0.449 e. The second-order valence-corrected chi connectivity index (χ2v) is 4.29. The first-order valence-electron chi connectivity index (χ1n) is 5.68. The Labute approximate surface area is 119 Å².